The molecule has 0 amide bonds. The van der Waals surface area contributed by atoms with Crippen LogP contribution in [0.5, 0.6) is 0 Å². The van der Waals surface area contributed by atoms with Gasteiger partial charge in [-0.05, 0) is 19.1 Å². The maximum Gasteiger partial charge on any atom is 0.211 e. The third-order valence-corrected chi connectivity index (χ3v) is 5.80. The number of aromatic nitrogens is 1. The summed E-state index contributed by atoms with van der Waals surface area (Å²) in [6.07, 6.45) is 1.88. The van der Waals surface area contributed by atoms with Gasteiger partial charge in [0, 0.05) is 43.0 Å². The van der Waals surface area contributed by atoms with Gasteiger partial charge in [0.15, 0.2) is 0 Å². The molecule has 0 N–H and O–H groups in total. The van der Waals surface area contributed by atoms with E-state index in [0.29, 0.717) is 0 Å². The van der Waals surface area contributed by atoms with Crippen LogP contribution in [0.1, 0.15) is 50.3 Å². The molecule has 0 aromatic carbocycles. The summed E-state index contributed by atoms with van der Waals surface area (Å²) in [5, 5.41) is 0. The van der Waals surface area contributed by atoms with Crippen LogP contribution in [-0.4, -0.2) is 41.0 Å². The maximum atomic E-state index is 6.02. The van der Waals surface area contributed by atoms with E-state index in [9.17, 15) is 0 Å². The summed E-state index contributed by atoms with van der Waals surface area (Å²) in [5.74, 6) is 1.79. The van der Waals surface area contributed by atoms with Crippen molar-refractivity contribution in [2.24, 2.45) is 0 Å². The molecule has 0 bridgehead atoms. The maximum absolute atomic E-state index is 6.02. The predicted octanol–water partition coefficient (Wildman–Crippen LogP) is 4.57. The molecule has 1 aliphatic heterocycles. The highest BCUT2D eigenvalue weighted by Gasteiger charge is 2.27. The minimum Gasteiger partial charge on any atom is -0.443 e. The first-order chi connectivity index (χ1) is 11.3. The van der Waals surface area contributed by atoms with Crippen molar-refractivity contribution in [2.45, 2.75) is 45.7 Å². The molecular weight excluding hydrogens is 342 g/mol. The van der Waals surface area contributed by atoms with Gasteiger partial charge in [0.2, 0.25) is 5.89 Å². The van der Waals surface area contributed by atoms with Crippen LogP contribution in [0.25, 0.3) is 0 Å². The van der Waals surface area contributed by atoms with Gasteiger partial charge in [0.25, 0.3) is 0 Å². The average molecular weight is 368 g/mol. The molecule has 2 aromatic rings. The summed E-state index contributed by atoms with van der Waals surface area (Å²) in [6.45, 7) is 13.8. The standard InChI is InChI=1S/C18H26ClN3OS/c1-13(17-20-11-15(23-17)18(2,3)4)22-9-7-21(8-10-22)12-14-5-6-16(19)24-14/h5-6,11,13H,7-10,12H2,1-4H3/t13-/m0/s1. The Balaban J connectivity index is 1.55. The van der Waals surface area contributed by atoms with E-state index in [1.54, 1.807) is 11.3 Å². The lowest BCUT2D eigenvalue weighted by molar-refractivity contribution is 0.0868. The molecule has 3 heterocycles. The van der Waals surface area contributed by atoms with Crippen LogP contribution < -0.4 is 0 Å². The molecule has 1 atom stereocenters. The van der Waals surface area contributed by atoms with Crippen molar-refractivity contribution in [1.82, 2.24) is 14.8 Å². The second-order valence-corrected chi connectivity index (χ2v) is 9.31. The van der Waals surface area contributed by atoms with Gasteiger partial charge in [-0.2, -0.15) is 0 Å². The Labute approximate surface area is 153 Å². The van der Waals surface area contributed by atoms with Gasteiger partial charge in [-0.1, -0.05) is 32.4 Å². The Hall–Kier alpha value is -0.880. The topological polar surface area (TPSA) is 32.5 Å². The molecular formula is C18H26ClN3OS. The summed E-state index contributed by atoms with van der Waals surface area (Å²) in [6, 6.07) is 4.33. The minimum atomic E-state index is 0.00560. The zero-order chi connectivity index (χ0) is 17.3. The van der Waals surface area contributed by atoms with Crippen molar-refractivity contribution in [3.8, 4) is 0 Å². The number of nitrogens with zero attached hydrogens (tertiary/aromatic N) is 3. The van der Waals surface area contributed by atoms with E-state index in [-0.39, 0.29) is 11.5 Å². The first-order valence-corrected chi connectivity index (χ1v) is 9.69. The smallest absolute Gasteiger partial charge is 0.211 e. The molecule has 4 nitrogen and oxygen atoms in total. The van der Waals surface area contributed by atoms with Crippen molar-refractivity contribution in [1.29, 1.82) is 0 Å². The van der Waals surface area contributed by atoms with Gasteiger partial charge >= 0.3 is 0 Å². The van der Waals surface area contributed by atoms with Gasteiger partial charge < -0.3 is 4.42 Å². The number of hydrogen-bond acceptors (Lipinski definition) is 5. The van der Waals surface area contributed by atoms with Gasteiger partial charge in [0.05, 0.1) is 16.6 Å². The Kier molecular flexibility index (Phi) is 5.35. The first-order valence-electron chi connectivity index (χ1n) is 8.50. The molecule has 0 aliphatic carbocycles. The summed E-state index contributed by atoms with van der Waals surface area (Å²) in [7, 11) is 0. The fourth-order valence-electron chi connectivity index (χ4n) is 2.95. The molecule has 1 aliphatic rings. The summed E-state index contributed by atoms with van der Waals surface area (Å²) < 4.78 is 6.88. The van der Waals surface area contributed by atoms with Crippen LogP contribution in [0, 0.1) is 0 Å². The number of thiophene rings is 1. The monoisotopic (exact) mass is 367 g/mol. The van der Waals surface area contributed by atoms with Gasteiger partial charge in [0.1, 0.15) is 5.76 Å². The lowest BCUT2D eigenvalue weighted by Gasteiger charge is -2.36. The summed E-state index contributed by atoms with van der Waals surface area (Å²) >= 11 is 7.69. The van der Waals surface area contributed by atoms with Crippen LogP contribution in [-0.2, 0) is 12.0 Å². The first kappa shape index (κ1) is 17.9. The Bertz CT molecular complexity index is 668. The summed E-state index contributed by atoms with van der Waals surface area (Å²) in [4.78, 5) is 10.8. The van der Waals surface area contributed by atoms with Crippen molar-refractivity contribution in [2.75, 3.05) is 26.2 Å². The van der Waals surface area contributed by atoms with Crippen LogP contribution in [0.3, 0.4) is 0 Å². The highest BCUT2D eigenvalue weighted by Crippen LogP contribution is 2.28. The van der Waals surface area contributed by atoms with Crippen LogP contribution in [0.4, 0.5) is 0 Å². The molecule has 1 fully saturated rings. The van der Waals surface area contributed by atoms with E-state index in [1.807, 2.05) is 12.3 Å². The SMILES string of the molecule is C[C@@H](c1ncc(C(C)(C)C)o1)N1CCN(Cc2ccc(Cl)s2)CC1. The molecule has 0 unspecified atom stereocenters. The van der Waals surface area contributed by atoms with Gasteiger partial charge in [-0.3, -0.25) is 9.80 Å². The number of hydrogen-bond donors (Lipinski definition) is 0. The highest BCUT2D eigenvalue weighted by atomic mass is 35.5. The van der Waals surface area contributed by atoms with Crippen LogP contribution >= 0.6 is 22.9 Å². The normalized spacial score (nSPS) is 18.9. The third-order valence-electron chi connectivity index (χ3n) is 4.58. The van der Waals surface area contributed by atoms with Crippen molar-refractivity contribution in [3.63, 3.8) is 0 Å². The zero-order valence-electron chi connectivity index (χ0n) is 14.9. The minimum absolute atomic E-state index is 0.00560. The van der Waals surface area contributed by atoms with E-state index < -0.39 is 0 Å². The van der Waals surface area contributed by atoms with E-state index in [1.165, 1.54) is 4.88 Å². The molecule has 2 aromatic heterocycles. The van der Waals surface area contributed by atoms with Gasteiger partial charge in [-0.25, -0.2) is 4.98 Å². The molecule has 0 saturated carbocycles. The second kappa shape index (κ2) is 7.16. The van der Waals surface area contributed by atoms with E-state index in [0.717, 1.165) is 48.7 Å². The van der Waals surface area contributed by atoms with Crippen molar-refractivity contribution in [3.05, 3.63) is 39.2 Å². The van der Waals surface area contributed by atoms with E-state index in [4.69, 9.17) is 16.0 Å². The highest BCUT2D eigenvalue weighted by molar-refractivity contribution is 7.16. The van der Waals surface area contributed by atoms with Crippen LogP contribution in [0.15, 0.2) is 22.7 Å². The molecule has 132 valence electrons. The number of halogens is 1. The molecule has 24 heavy (non-hydrogen) atoms. The Morgan fingerprint density at radius 1 is 1.25 bits per heavy atom. The number of oxazole rings is 1. The van der Waals surface area contributed by atoms with E-state index >= 15 is 0 Å². The molecule has 0 spiro atoms. The molecule has 1 saturated heterocycles. The van der Waals surface area contributed by atoms with Crippen molar-refractivity contribution >= 4 is 22.9 Å². The quantitative estimate of drug-likeness (QED) is 0.792. The van der Waals surface area contributed by atoms with E-state index in [2.05, 4.69) is 48.5 Å². The molecule has 0 radical (unpaired) electrons. The number of piperazine rings is 1. The van der Waals surface area contributed by atoms with Gasteiger partial charge in [-0.15, -0.1) is 11.3 Å². The Morgan fingerprint density at radius 2 is 1.96 bits per heavy atom. The fourth-order valence-corrected chi connectivity index (χ4v) is 4.08. The molecule has 3 rings (SSSR count). The fraction of sp³-hybridized carbons (Fsp3) is 0.611. The van der Waals surface area contributed by atoms with Crippen LogP contribution in [0.2, 0.25) is 4.34 Å². The third kappa shape index (κ3) is 4.20. The number of rotatable bonds is 4. The average Bonchev–Trinajstić information content (AvgIpc) is 3.16. The zero-order valence-corrected chi connectivity index (χ0v) is 16.5. The van der Waals surface area contributed by atoms with Crippen molar-refractivity contribution < 1.29 is 4.42 Å². The predicted molar refractivity (Wildman–Crippen MR) is 99.8 cm³/mol. The molecule has 6 heteroatoms. The summed E-state index contributed by atoms with van der Waals surface area (Å²) in [5.41, 5.74) is 0.00560. The Morgan fingerprint density at radius 3 is 2.50 bits per heavy atom. The second-order valence-electron chi connectivity index (χ2n) is 7.51. The lowest BCUT2D eigenvalue weighted by atomic mass is 9.94. The largest absolute Gasteiger partial charge is 0.443 e. The lowest BCUT2D eigenvalue weighted by Crippen LogP contribution is -2.46.